The van der Waals surface area contributed by atoms with Crippen molar-refractivity contribution in [1.29, 1.82) is 0 Å². The molecule has 3 aromatic rings. The molecule has 0 amide bonds. The molecule has 9 nitrogen and oxygen atoms in total. The first-order valence-corrected chi connectivity index (χ1v) is 14.5. The third kappa shape index (κ3) is 4.05. The van der Waals surface area contributed by atoms with Crippen molar-refractivity contribution in [3.8, 4) is 0 Å². The number of methoxy groups -OCH3 is 1. The summed E-state index contributed by atoms with van der Waals surface area (Å²) in [5, 5.41) is 10.3. The molecule has 2 aliphatic heterocycles. The standard InChI is InChI=1S/C33H36N4O5/c1-7-33(5)27-13-24-20(14-38)16(3)21(34-24)11-22-15(2)18(8-9-28(40)42-6)30(36-22)19-10-26(39)29-17(4)23(37-31(19)29)12-25(35-27)32(33)41/h11-13,15,18,34,37-38H,7-10,14H2,1-6H3/t15-,18-,33?/m0/s1. The summed E-state index contributed by atoms with van der Waals surface area (Å²) in [7, 11) is 1.38. The average molecular weight is 569 g/mol. The molecule has 6 rings (SSSR count). The van der Waals surface area contributed by atoms with Crippen molar-refractivity contribution < 1.29 is 24.2 Å². The van der Waals surface area contributed by atoms with Gasteiger partial charge in [-0.1, -0.05) is 13.8 Å². The van der Waals surface area contributed by atoms with Gasteiger partial charge in [-0.2, -0.15) is 0 Å². The maximum absolute atomic E-state index is 13.7. The van der Waals surface area contributed by atoms with Crippen LogP contribution in [0, 0.1) is 13.8 Å². The zero-order valence-electron chi connectivity index (χ0n) is 24.9. The van der Waals surface area contributed by atoms with Crippen LogP contribution in [0.4, 0.5) is 0 Å². The molecule has 0 spiro atoms. The second-order valence-corrected chi connectivity index (χ2v) is 12.0. The lowest BCUT2D eigenvalue weighted by Gasteiger charge is -2.19. The Hall–Kier alpha value is -4.11. The third-order valence-electron chi connectivity index (χ3n) is 9.78. The van der Waals surface area contributed by atoms with E-state index in [1.165, 1.54) is 7.11 Å². The summed E-state index contributed by atoms with van der Waals surface area (Å²) in [6.07, 6.45) is 1.54. The van der Waals surface area contributed by atoms with Crippen molar-refractivity contribution in [3.05, 3.63) is 68.8 Å². The Balaban J connectivity index is 1.74. The maximum atomic E-state index is 13.7. The number of aryl methyl sites for hydroxylation is 2. The molecule has 0 aromatic carbocycles. The minimum atomic E-state index is -0.827. The number of fused-ring (bicyclic) bond motifs is 8. The topological polar surface area (TPSA) is 138 Å². The van der Waals surface area contributed by atoms with Crippen LogP contribution in [0.25, 0.3) is 22.1 Å². The fourth-order valence-corrected chi connectivity index (χ4v) is 6.78. The number of Topliss-reactive ketones (excluding diaryl/α,β-unsaturated/α-hetero) is 2. The van der Waals surface area contributed by atoms with Crippen molar-refractivity contribution in [3.63, 3.8) is 0 Å². The van der Waals surface area contributed by atoms with E-state index < -0.39 is 5.41 Å². The van der Waals surface area contributed by atoms with Crippen LogP contribution in [-0.4, -0.2) is 49.7 Å². The molecule has 42 heavy (non-hydrogen) atoms. The number of ketones is 2. The van der Waals surface area contributed by atoms with Gasteiger partial charge in [0.25, 0.3) is 0 Å². The van der Waals surface area contributed by atoms with Crippen molar-refractivity contribution >= 4 is 39.6 Å². The quantitative estimate of drug-likeness (QED) is 0.343. The molecule has 0 saturated heterocycles. The first-order valence-electron chi connectivity index (χ1n) is 14.5. The molecule has 0 saturated carbocycles. The molecule has 0 fully saturated rings. The SMILES string of the molecule is CCC1(C)C(=O)c2cc3[nH]c4c(c5nc(cc6[nH]c(cc1n2)c(CO)c6C)[C@@H](C)[C@@H]5CCC(=O)OC)CC(=O)c4c3C. The number of hydrogen-bond donors (Lipinski definition) is 3. The van der Waals surface area contributed by atoms with Crippen LogP contribution < -0.4 is 0 Å². The van der Waals surface area contributed by atoms with Gasteiger partial charge in [0, 0.05) is 63.6 Å². The smallest absolute Gasteiger partial charge is 0.305 e. The van der Waals surface area contributed by atoms with E-state index in [1.807, 2.05) is 39.8 Å². The Labute approximate surface area is 243 Å². The summed E-state index contributed by atoms with van der Waals surface area (Å²) in [6.45, 7) is 9.63. The largest absolute Gasteiger partial charge is 0.469 e. The predicted octanol–water partition coefficient (Wildman–Crippen LogP) is 5.55. The number of nitrogens with zero attached hydrogens (tertiary/aromatic N) is 2. The summed E-state index contributed by atoms with van der Waals surface area (Å²) in [6, 6.07) is 5.62. The molecule has 8 bridgehead atoms. The number of ether oxygens (including phenoxy) is 1. The number of rotatable bonds is 5. The van der Waals surface area contributed by atoms with Gasteiger partial charge >= 0.3 is 5.97 Å². The summed E-state index contributed by atoms with van der Waals surface area (Å²) < 4.78 is 4.93. The minimum absolute atomic E-state index is 0.00475. The van der Waals surface area contributed by atoms with Crippen molar-refractivity contribution in [2.75, 3.05) is 7.11 Å². The lowest BCUT2D eigenvalue weighted by molar-refractivity contribution is -0.140. The Morgan fingerprint density at radius 2 is 1.83 bits per heavy atom. The zero-order chi connectivity index (χ0) is 30.1. The second-order valence-electron chi connectivity index (χ2n) is 12.0. The number of hydrogen-bond acceptors (Lipinski definition) is 7. The molecular weight excluding hydrogens is 532 g/mol. The fraction of sp³-hybridized carbons (Fsp3) is 0.424. The van der Waals surface area contributed by atoms with E-state index in [0.717, 1.165) is 44.7 Å². The third-order valence-corrected chi connectivity index (χ3v) is 9.78. The summed E-state index contributed by atoms with van der Waals surface area (Å²) in [5.41, 5.74) is 8.52. The van der Waals surface area contributed by atoms with Crippen LogP contribution in [0.5, 0.6) is 0 Å². The Morgan fingerprint density at radius 3 is 2.52 bits per heavy atom. The molecule has 3 N–H and O–H groups in total. The number of esters is 1. The summed E-state index contributed by atoms with van der Waals surface area (Å²) >= 11 is 0. The van der Waals surface area contributed by atoms with Gasteiger partial charge in [0.05, 0.1) is 36.0 Å². The molecule has 1 aliphatic carbocycles. The summed E-state index contributed by atoms with van der Waals surface area (Å²) in [4.78, 5) is 56.1. The van der Waals surface area contributed by atoms with Gasteiger partial charge in [-0.3, -0.25) is 19.4 Å². The number of aliphatic hydroxyl groups is 1. The van der Waals surface area contributed by atoms with Gasteiger partial charge in [0.1, 0.15) is 5.69 Å². The molecule has 9 heteroatoms. The van der Waals surface area contributed by atoms with E-state index in [1.54, 1.807) is 6.07 Å². The molecular formula is C33H36N4O5. The lowest BCUT2D eigenvalue weighted by Crippen LogP contribution is -2.27. The van der Waals surface area contributed by atoms with Crippen LogP contribution in [0.3, 0.4) is 0 Å². The van der Waals surface area contributed by atoms with E-state index in [-0.39, 0.29) is 48.8 Å². The maximum Gasteiger partial charge on any atom is 0.305 e. The second kappa shape index (κ2) is 10.0. The van der Waals surface area contributed by atoms with Crippen molar-refractivity contribution in [2.45, 2.75) is 84.2 Å². The molecule has 3 aromatic heterocycles. The number of carbonyl (C=O) groups is 3. The molecule has 0 radical (unpaired) electrons. The zero-order valence-corrected chi connectivity index (χ0v) is 24.9. The number of carbonyl (C=O) groups excluding carboxylic acids is 3. The van der Waals surface area contributed by atoms with Crippen LogP contribution in [0.15, 0.2) is 18.2 Å². The van der Waals surface area contributed by atoms with E-state index >= 15 is 0 Å². The average Bonchev–Trinajstić information content (AvgIpc) is 3.71. The first-order chi connectivity index (χ1) is 20.0. The highest BCUT2D eigenvalue weighted by Gasteiger charge is 2.41. The number of aromatic amines is 2. The van der Waals surface area contributed by atoms with Crippen LogP contribution in [-0.2, 0) is 28.0 Å². The lowest BCUT2D eigenvalue weighted by atomic mass is 9.80. The van der Waals surface area contributed by atoms with E-state index in [9.17, 15) is 19.5 Å². The van der Waals surface area contributed by atoms with Gasteiger partial charge in [0.2, 0.25) is 0 Å². The molecule has 5 heterocycles. The Morgan fingerprint density at radius 1 is 1.10 bits per heavy atom. The number of nitrogens with one attached hydrogen (secondary N) is 2. The molecule has 1 unspecified atom stereocenters. The number of aromatic nitrogens is 4. The van der Waals surface area contributed by atoms with Crippen LogP contribution in [0.2, 0.25) is 0 Å². The Kier molecular flexibility index (Phi) is 6.68. The van der Waals surface area contributed by atoms with Crippen molar-refractivity contribution in [1.82, 2.24) is 19.9 Å². The molecule has 3 aliphatic rings. The summed E-state index contributed by atoms with van der Waals surface area (Å²) in [5.74, 6) is -0.495. The predicted molar refractivity (Wildman–Crippen MR) is 159 cm³/mol. The van der Waals surface area contributed by atoms with Crippen LogP contribution in [0.1, 0.15) is 112 Å². The highest BCUT2D eigenvalue weighted by atomic mass is 16.5. The highest BCUT2D eigenvalue weighted by molar-refractivity contribution is 6.13. The van der Waals surface area contributed by atoms with Gasteiger partial charge in [-0.25, -0.2) is 4.98 Å². The minimum Gasteiger partial charge on any atom is -0.469 e. The number of aliphatic hydroxyl groups excluding tert-OH is 1. The first kappa shape index (κ1) is 28.0. The highest BCUT2D eigenvalue weighted by Crippen LogP contribution is 2.44. The van der Waals surface area contributed by atoms with E-state index in [4.69, 9.17) is 14.7 Å². The molecule has 3 atom stereocenters. The van der Waals surface area contributed by atoms with Gasteiger partial charge < -0.3 is 19.8 Å². The fourth-order valence-electron chi connectivity index (χ4n) is 6.78. The number of H-pyrrole nitrogens is 2. The van der Waals surface area contributed by atoms with Gasteiger partial charge in [0.15, 0.2) is 11.6 Å². The van der Waals surface area contributed by atoms with Crippen molar-refractivity contribution in [2.24, 2.45) is 0 Å². The normalized spacial score (nSPS) is 21.3. The molecule has 218 valence electrons. The van der Waals surface area contributed by atoms with E-state index in [2.05, 4.69) is 16.9 Å². The van der Waals surface area contributed by atoms with E-state index in [0.29, 0.717) is 40.8 Å². The van der Waals surface area contributed by atoms with Crippen LogP contribution >= 0.6 is 0 Å². The Bertz CT molecular complexity index is 1850. The van der Waals surface area contributed by atoms with Gasteiger partial charge in [-0.05, 0) is 62.9 Å². The monoisotopic (exact) mass is 568 g/mol. The van der Waals surface area contributed by atoms with Gasteiger partial charge in [-0.15, -0.1) is 0 Å².